The molecule has 2 aromatic rings. The van der Waals surface area contributed by atoms with Crippen molar-refractivity contribution in [3.63, 3.8) is 0 Å². The van der Waals surface area contributed by atoms with E-state index in [1.54, 1.807) is 18.3 Å². The smallest absolute Gasteiger partial charge is 0.258 e. The molecule has 1 heterocycles. The second-order valence-corrected chi connectivity index (χ2v) is 5.42. The molecule has 1 atom stereocenters. The van der Waals surface area contributed by atoms with Crippen molar-refractivity contribution in [2.75, 3.05) is 0 Å². The highest BCUT2D eigenvalue weighted by molar-refractivity contribution is 9.10. The molecule has 1 aromatic carbocycles. The monoisotopic (exact) mass is 327 g/mol. The van der Waals surface area contributed by atoms with Gasteiger partial charge in [0.05, 0.1) is 22.5 Å². The summed E-state index contributed by atoms with van der Waals surface area (Å²) in [4.78, 5) is 12.2. The van der Waals surface area contributed by atoms with Crippen LogP contribution in [0.5, 0.6) is 0 Å². The Hall–Kier alpha value is -1.20. The number of rotatable bonds is 4. The van der Waals surface area contributed by atoms with Crippen LogP contribution in [0.25, 0.3) is 10.8 Å². The number of nitrogens with zero attached hydrogens (tertiary/aromatic N) is 1. The highest BCUT2D eigenvalue weighted by Gasteiger charge is 2.10. The first kappa shape index (κ1) is 14.2. The third kappa shape index (κ3) is 3.04. The first-order chi connectivity index (χ1) is 9.02. The van der Waals surface area contributed by atoms with E-state index in [1.165, 1.54) is 10.6 Å². The summed E-state index contributed by atoms with van der Waals surface area (Å²) in [5.74, 6) is -0.462. The number of aliphatic hydroxyl groups is 1. The molecule has 1 unspecified atom stereocenters. The van der Waals surface area contributed by atoms with Crippen LogP contribution in [-0.4, -0.2) is 15.8 Å². The van der Waals surface area contributed by atoms with E-state index in [0.29, 0.717) is 21.7 Å². The summed E-state index contributed by atoms with van der Waals surface area (Å²) in [6, 6.07) is 4.56. The van der Waals surface area contributed by atoms with Gasteiger partial charge in [0.15, 0.2) is 0 Å². The van der Waals surface area contributed by atoms with Crippen LogP contribution in [0.1, 0.15) is 19.8 Å². The van der Waals surface area contributed by atoms with Gasteiger partial charge in [-0.3, -0.25) is 4.79 Å². The lowest BCUT2D eigenvalue weighted by atomic mass is 10.1. The lowest BCUT2D eigenvalue weighted by Gasteiger charge is -2.12. The lowest BCUT2D eigenvalue weighted by Crippen LogP contribution is -2.26. The Morgan fingerprint density at radius 1 is 1.47 bits per heavy atom. The first-order valence-electron chi connectivity index (χ1n) is 6.19. The van der Waals surface area contributed by atoms with Gasteiger partial charge in [0.25, 0.3) is 5.56 Å². The van der Waals surface area contributed by atoms with E-state index < -0.39 is 11.9 Å². The van der Waals surface area contributed by atoms with Gasteiger partial charge in [-0.1, -0.05) is 13.3 Å². The largest absolute Gasteiger partial charge is 0.391 e. The summed E-state index contributed by atoms with van der Waals surface area (Å²) in [7, 11) is 0. The highest BCUT2D eigenvalue weighted by Crippen LogP contribution is 2.21. The molecule has 19 heavy (non-hydrogen) atoms. The van der Waals surface area contributed by atoms with Gasteiger partial charge < -0.3 is 9.67 Å². The molecule has 2 rings (SSSR count). The average Bonchev–Trinajstić information content (AvgIpc) is 2.36. The summed E-state index contributed by atoms with van der Waals surface area (Å²) in [6.45, 7) is 2.21. The van der Waals surface area contributed by atoms with Gasteiger partial charge in [-0.15, -0.1) is 0 Å². The second kappa shape index (κ2) is 5.84. The molecule has 0 aliphatic heterocycles. The number of aromatic nitrogens is 1. The molecule has 0 saturated carbocycles. The van der Waals surface area contributed by atoms with Crippen LogP contribution < -0.4 is 5.56 Å². The van der Waals surface area contributed by atoms with Crippen molar-refractivity contribution in [1.82, 2.24) is 4.57 Å². The molecule has 1 aromatic heterocycles. The Kier molecular flexibility index (Phi) is 4.37. The zero-order chi connectivity index (χ0) is 14.0. The van der Waals surface area contributed by atoms with Crippen molar-refractivity contribution in [3.05, 3.63) is 45.0 Å². The van der Waals surface area contributed by atoms with Crippen molar-refractivity contribution in [1.29, 1.82) is 0 Å². The van der Waals surface area contributed by atoms with Crippen LogP contribution in [0, 0.1) is 5.82 Å². The minimum atomic E-state index is -0.555. The SMILES string of the molecule is CCCC(O)Cn1ccc2cc(Br)c(F)cc2c1=O. The second-order valence-electron chi connectivity index (χ2n) is 4.57. The minimum Gasteiger partial charge on any atom is -0.391 e. The van der Waals surface area contributed by atoms with E-state index in [0.717, 1.165) is 6.42 Å². The Bertz CT molecular complexity index is 654. The Labute approximate surface area is 118 Å². The number of halogens is 2. The molecule has 0 aliphatic carbocycles. The van der Waals surface area contributed by atoms with Crippen molar-refractivity contribution >= 4 is 26.7 Å². The van der Waals surface area contributed by atoms with Crippen molar-refractivity contribution in [3.8, 4) is 0 Å². The molecule has 0 bridgehead atoms. The van der Waals surface area contributed by atoms with Gasteiger partial charge in [0.2, 0.25) is 0 Å². The number of aliphatic hydroxyl groups excluding tert-OH is 1. The Balaban J connectivity index is 2.46. The van der Waals surface area contributed by atoms with E-state index in [4.69, 9.17) is 0 Å². The van der Waals surface area contributed by atoms with E-state index in [2.05, 4.69) is 15.9 Å². The molecule has 0 aliphatic rings. The molecular formula is C14H15BrFNO2. The zero-order valence-electron chi connectivity index (χ0n) is 10.6. The zero-order valence-corrected chi connectivity index (χ0v) is 12.2. The summed E-state index contributed by atoms with van der Waals surface area (Å²) in [5.41, 5.74) is -0.279. The lowest BCUT2D eigenvalue weighted by molar-refractivity contribution is 0.142. The van der Waals surface area contributed by atoms with Gasteiger partial charge >= 0.3 is 0 Å². The molecule has 0 radical (unpaired) electrons. The molecule has 0 fully saturated rings. The van der Waals surface area contributed by atoms with E-state index >= 15 is 0 Å². The maximum atomic E-state index is 13.5. The molecule has 0 saturated heterocycles. The van der Waals surface area contributed by atoms with Crippen LogP contribution in [0.2, 0.25) is 0 Å². The maximum Gasteiger partial charge on any atom is 0.258 e. The fourth-order valence-corrected chi connectivity index (χ4v) is 2.43. The van der Waals surface area contributed by atoms with E-state index in [-0.39, 0.29) is 12.1 Å². The molecule has 0 spiro atoms. The molecule has 5 heteroatoms. The molecule has 1 N–H and O–H groups in total. The number of fused-ring (bicyclic) bond motifs is 1. The van der Waals surface area contributed by atoms with Crippen LogP contribution in [0.15, 0.2) is 33.7 Å². The number of benzene rings is 1. The topological polar surface area (TPSA) is 42.2 Å². The van der Waals surface area contributed by atoms with Crippen molar-refractivity contribution < 1.29 is 9.50 Å². The summed E-state index contributed by atoms with van der Waals surface area (Å²) in [5, 5.41) is 10.8. The fourth-order valence-electron chi connectivity index (χ4n) is 2.07. The van der Waals surface area contributed by atoms with Gasteiger partial charge in [0.1, 0.15) is 5.82 Å². The van der Waals surface area contributed by atoms with Crippen molar-refractivity contribution in [2.45, 2.75) is 32.4 Å². The quantitative estimate of drug-likeness (QED) is 0.937. The van der Waals surface area contributed by atoms with Crippen molar-refractivity contribution in [2.24, 2.45) is 0 Å². The van der Waals surface area contributed by atoms with E-state index in [1.807, 2.05) is 6.92 Å². The third-order valence-corrected chi connectivity index (χ3v) is 3.65. The van der Waals surface area contributed by atoms with Crippen LogP contribution in [-0.2, 0) is 6.54 Å². The predicted molar refractivity (Wildman–Crippen MR) is 76.8 cm³/mol. The normalized spacial score (nSPS) is 12.8. The Morgan fingerprint density at radius 3 is 2.89 bits per heavy atom. The molecule has 0 amide bonds. The summed E-state index contributed by atoms with van der Waals surface area (Å²) >= 11 is 3.10. The predicted octanol–water partition coefficient (Wildman–Crippen LogP) is 3.06. The highest BCUT2D eigenvalue weighted by atomic mass is 79.9. The number of hydrogen-bond acceptors (Lipinski definition) is 2. The van der Waals surface area contributed by atoms with Gasteiger partial charge in [-0.25, -0.2) is 4.39 Å². The van der Waals surface area contributed by atoms with Crippen LogP contribution >= 0.6 is 15.9 Å². The number of hydrogen-bond donors (Lipinski definition) is 1. The molecular weight excluding hydrogens is 313 g/mol. The van der Waals surface area contributed by atoms with Gasteiger partial charge in [0, 0.05) is 6.20 Å². The fraction of sp³-hybridized carbons (Fsp3) is 0.357. The van der Waals surface area contributed by atoms with Gasteiger partial charge in [-0.2, -0.15) is 0 Å². The van der Waals surface area contributed by atoms with Crippen LogP contribution in [0.3, 0.4) is 0 Å². The standard InChI is InChI=1S/C14H15BrFNO2/c1-2-3-10(18)8-17-5-4-9-6-12(15)13(16)7-11(9)14(17)19/h4-7,10,18H,2-3,8H2,1H3. The average molecular weight is 328 g/mol. The third-order valence-electron chi connectivity index (χ3n) is 3.05. The van der Waals surface area contributed by atoms with Gasteiger partial charge in [-0.05, 0) is 45.9 Å². The van der Waals surface area contributed by atoms with E-state index in [9.17, 15) is 14.3 Å². The van der Waals surface area contributed by atoms with Crippen LogP contribution in [0.4, 0.5) is 4.39 Å². The maximum absolute atomic E-state index is 13.5. The summed E-state index contributed by atoms with van der Waals surface area (Å²) in [6.07, 6.45) is 2.57. The molecule has 3 nitrogen and oxygen atoms in total. The Morgan fingerprint density at radius 2 is 2.21 bits per heavy atom. The number of pyridine rings is 1. The minimum absolute atomic E-state index is 0.236. The first-order valence-corrected chi connectivity index (χ1v) is 6.98. The molecule has 102 valence electrons. The summed E-state index contributed by atoms with van der Waals surface area (Å²) < 4.78 is 15.3.